The van der Waals surface area contributed by atoms with E-state index in [0.29, 0.717) is 12.1 Å². The molecule has 2 atom stereocenters. The molecule has 1 rings (SSSR count). The van der Waals surface area contributed by atoms with Crippen LogP contribution in [0.3, 0.4) is 0 Å². The van der Waals surface area contributed by atoms with Gasteiger partial charge in [-0.3, -0.25) is 11.3 Å². The standard InChI is InChI=1S/C6H14N2O/c1-5-4-6(8-7)2-3-9-5/h5-6,8H,2-4,7H2,1H3/t5-,6+/m0/s1. The summed E-state index contributed by atoms with van der Waals surface area (Å²) in [6.45, 7) is 2.92. The second-order valence-corrected chi connectivity index (χ2v) is 2.57. The fourth-order valence-corrected chi connectivity index (χ4v) is 1.15. The maximum absolute atomic E-state index is 5.31. The van der Waals surface area contributed by atoms with Gasteiger partial charge in [-0.25, -0.2) is 0 Å². The van der Waals surface area contributed by atoms with Crippen molar-refractivity contribution in [1.82, 2.24) is 5.43 Å². The van der Waals surface area contributed by atoms with Gasteiger partial charge in [0.2, 0.25) is 0 Å². The molecular formula is C6H14N2O. The van der Waals surface area contributed by atoms with Crippen LogP contribution in [0.15, 0.2) is 0 Å². The second-order valence-electron chi connectivity index (χ2n) is 2.57. The molecule has 1 heterocycles. The van der Waals surface area contributed by atoms with Crippen molar-refractivity contribution in [2.75, 3.05) is 6.61 Å². The molecule has 0 aromatic carbocycles. The maximum atomic E-state index is 5.31. The number of nitrogens with one attached hydrogen (secondary N) is 1. The van der Waals surface area contributed by atoms with Gasteiger partial charge in [0.25, 0.3) is 0 Å². The van der Waals surface area contributed by atoms with Gasteiger partial charge in [-0.1, -0.05) is 0 Å². The molecule has 0 bridgehead atoms. The Hall–Kier alpha value is -0.120. The molecule has 0 amide bonds. The first-order valence-corrected chi connectivity index (χ1v) is 3.40. The molecule has 9 heavy (non-hydrogen) atoms. The number of hydrogen-bond acceptors (Lipinski definition) is 3. The summed E-state index contributed by atoms with van der Waals surface area (Å²) in [5.41, 5.74) is 2.75. The Morgan fingerprint density at radius 1 is 1.67 bits per heavy atom. The molecule has 0 radical (unpaired) electrons. The molecule has 1 fully saturated rings. The third kappa shape index (κ3) is 1.93. The Kier molecular flexibility index (Phi) is 2.45. The quantitative estimate of drug-likeness (QED) is 0.388. The van der Waals surface area contributed by atoms with Gasteiger partial charge in [0.05, 0.1) is 6.10 Å². The normalized spacial score (nSPS) is 36.7. The van der Waals surface area contributed by atoms with E-state index in [1.54, 1.807) is 0 Å². The van der Waals surface area contributed by atoms with E-state index in [0.717, 1.165) is 19.4 Å². The minimum absolute atomic E-state index is 0.375. The predicted octanol–water partition coefficient (Wildman–Crippen LogP) is 0.0172. The summed E-state index contributed by atoms with van der Waals surface area (Å²) in [7, 11) is 0. The van der Waals surface area contributed by atoms with Gasteiger partial charge >= 0.3 is 0 Å². The molecule has 0 aromatic heterocycles. The summed E-state index contributed by atoms with van der Waals surface area (Å²) in [4.78, 5) is 0. The summed E-state index contributed by atoms with van der Waals surface area (Å²) >= 11 is 0. The Morgan fingerprint density at radius 3 is 2.89 bits per heavy atom. The van der Waals surface area contributed by atoms with Crippen molar-refractivity contribution in [2.45, 2.75) is 31.9 Å². The Bertz CT molecular complexity index is 87.1. The van der Waals surface area contributed by atoms with E-state index in [9.17, 15) is 0 Å². The zero-order chi connectivity index (χ0) is 6.69. The van der Waals surface area contributed by atoms with Gasteiger partial charge in [-0.05, 0) is 19.8 Å². The number of nitrogens with two attached hydrogens (primary N) is 1. The lowest BCUT2D eigenvalue weighted by Gasteiger charge is -2.26. The highest BCUT2D eigenvalue weighted by Crippen LogP contribution is 2.11. The van der Waals surface area contributed by atoms with Crippen molar-refractivity contribution >= 4 is 0 Å². The van der Waals surface area contributed by atoms with Crippen LogP contribution in [0.5, 0.6) is 0 Å². The molecule has 0 saturated carbocycles. The summed E-state index contributed by atoms with van der Waals surface area (Å²) < 4.78 is 5.31. The number of ether oxygens (including phenoxy) is 1. The van der Waals surface area contributed by atoms with Gasteiger partial charge in [-0.2, -0.15) is 0 Å². The van der Waals surface area contributed by atoms with Crippen molar-refractivity contribution in [3.05, 3.63) is 0 Å². The monoisotopic (exact) mass is 130 g/mol. The van der Waals surface area contributed by atoms with E-state index in [2.05, 4.69) is 12.3 Å². The van der Waals surface area contributed by atoms with Crippen LogP contribution in [0.25, 0.3) is 0 Å². The van der Waals surface area contributed by atoms with E-state index in [1.165, 1.54) is 0 Å². The molecule has 0 spiro atoms. The Labute approximate surface area is 55.5 Å². The highest BCUT2D eigenvalue weighted by molar-refractivity contribution is 4.71. The molecular weight excluding hydrogens is 116 g/mol. The van der Waals surface area contributed by atoms with Gasteiger partial charge in [0, 0.05) is 12.6 Å². The van der Waals surface area contributed by atoms with Gasteiger partial charge in [0.1, 0.15) is 0 Å². The molecule has 1 saturated heterocycles. The van der Waals surface area contributed by atoms with Gasteiger partial charge < -0.3 is 4.74 Å². The van der Waals surface area contributed by atoms with Crippen molar-refractivity contribution in [3.63, 3.8) is 0 Å². The van der Waals surface area contributed by atoms with Gasteiger partial charge in [0.15, 0.2) is 0 Å². The van der Waals surface area contributed by atoms with E-state index in [4.69, 9.17) is 10.6 Å². The third-order valence-electron chi connectivity index (χ3n) is 1.72. The lowest BCUT2D eigenvalue weighted by Crippen LogP contribution is -2.41. The summed E-state index contributed by atoms with van der Waals surface area (Å²) in [5.74, 6) is 5.26. The summed E-state index contributed by atoms with van der Waals surface area (Å²) in [5, 5.41) is 0. The summed E-state index contributed by atoms with van der Waals surface area (Å²) in [6.07, 6.45) is 2.46. The fraction of sp³-hybridized carbons (Fsp3) is 1.00. The first-order chi connectivity index (χ1) is 4.33. The molecule has 3 heteroatoms. The third-order valence-corrected chi connectivity index (χ3v) is 1.72. The number of hydrazine groups is 1. The lowest BCUT2D eigenvalue weighted by molar-refractivity contribution is 0.0134. The van der Waals surface area contributed by atoms with Crippen LogP contribution in [-0.2, 0) is 4.74 Å². The van der Waals surface area contributed by atoms with Crippen LogP contribution in [0.2, 0.25) is 0 Å². The zero-order valence-corrected chi connectivity index (χ0v) is 5.76. The van der Waals surface area contributed by atoms with Crippen LogP contribution >= 0.6 is 0 Å². The molecule has 54 valence electrons. The molecule has 0 unspecified atom stereocenters. The first kappa shape index (κ1) is 6.99. The lowest BCUT2D eigenvalue weighted by atomic mass is 10.1. The Morgan fingerprint density at radius 2 is 2.44 bits per heavy atom. The highest BCUT2D eigenvalue weighted by Gasteiger charge is 2.16. The SMILES string of the molecule is C[C@H]1C[C@H](NN)CCO1. The zero-order valence-electron chi connectivity index (χ0n) is 5.76. The number of rotatable bonds is 1. The average molecular weight is 130 g/mol. The highest BCUT2D eigenvalue weighted by atomic mass is 16.5. The predicted molar refractivity (Wildman–Crippen MR) is 35.8 cm³/mol. The largest absolute Gasteiger partial charge is 0.378 e. The maximum Gasteiger partial charge on any atom is 0.0562 e. The van der Waals surface area contributed by atoms with E-state index in [-0.39, 0.29) is 0 Å². The van der Waals surface area contributed by atoms with E-state index in [1.807, 2.05) is 0 Å². The van der Waals surface area contributed by atoms with E-state index < -0.39 is 0 Å². The smallest absolute Gasteiger partial charge is 0.0562 e. The van der Waals surface area contributed by atoms with Crippen molar-refractivity contribution in [1.29, 1.82) is 0 Å². The van der Waals surface area contributed by atoms with Crippen LogP contribution < -0.4 is 11.3 Å². The minimum atomic E-state index is 0.375. The molecule has 1 aliphatic heterocycles. The van der Waals surface area contributed by atoms with Crippen molar-refractivity contribution in [3.8, 4) is 0 Å². The van der Waals surface area contributed by atoms with Crippen LogP contribution in [0, 0.1) is 0 Å². The van der Waals surface area contributed by atoms with Crippen LogP contribution in [-0.4, -0.2) is 18.8 Å². The van der Waals surface area contributed by atoms with Crippen molar-refractivity contribution in [2.24, 2.45) is 5.84 Å². The second kappa shape index (κ2) is 3.15. The van der Waals surface area contributed by atoms with Crippen molar-refractivity contribution < 1.29 is 4.74 Å². The number of hydrogen-bond donors (Lipinski definition) is 2. The molecule has 0 aliphatic carbocycles. The van der Waals surface area contributed by atoms with Crippen LogP contribution in [0.1, 0.15) is 19.8 Å². The van der Waals surface area contributed by atoms with E-state index >= 15 is 0 Å². The van der Waals surface area contributed by atoms with Gasteiger partial charge in [-0.15, -0.1) is 0 Å². The van der Waals surface area contributed by atoms with Crippen LogP contribution in [0.4, 0.5) is 0 Å². The average Bonchev–Trinajstić information content (AvgIpc) is 1.88. The summed E-state index contributed by atoms with van der Waals surface area (Å²) in [6, 6.07) is 0.466. The molecule has 3 nitrogen and oxygen atoms in total. The first-order valence-electron chi connectivity index (χ1n) is 3.40. The topological polar surface area (TPSA) is 47.3 Å². The molecule has 3 N–H and O–H groups in total. The fourth-order valence-electron chi connectivity index (χ4n) is 1.15. The molecule has 1 aliphatic rings. The minimum Gasteiger partial charge on any atom is -0.378 e. The molecule has 0 aromatic rings. The Balaban J connectivity index is 2.23.